The number of hydrogen-bond acceptors (Lipinski definition) is 8. The Morgan fingerprint density at radius 3 is 2.22 bits per heavy atom. The number of amides is 1. The summed E-state index contributed by atoms with van der Waals surface area (Å²) in [5.74, 6) is 0.279. The second kappa shape index (κ2) is 27.6. The van der Waals surface area contributed by atoms with Crippen LogP contribution in [0.4, 0.5) is 10.3 Å². The van der Waals surface area contributed by atoms with Crippen LogP contribution in [0.5, 0.6) is 0 Å². The number of halogens is 1. The first-order valence-corrected chi connectivity index (χ1v) is 14.7. The lowest BCUT2D eigenvalue weighted by Gasteiger charge is -2.19. The number of nitrogens with one attached hydrogen (secondary N) is 1. The minimum absolute atomic E-state index is 0. The van der Waals surface area contributed by atoms with Crippen LogP contribution in [0.25, 0.3) is 17.3 Å². The molecule has 2 aromatic rings. The normalized spacial score (nSPS) is 10.6. The van der Waals surface area contributed by atoms with Gasteiger partial charge >= 0.3 is 0 Å². The summed E-state index contributed by atoms with van der Waals surface area (Å²) in [5, 5.41) is 13.1. The van der Waals surface area contributed by atoms with Gasteiger partial charge in [-0.2, -0.15) is 0 Å². The molecule has 0 bridgehead atoms. The Morgan fingerprint density at radius 2 is 1.71 bits per heavy atom. The van der Waals surface area contributed by atoms with Gasteiger partial charge < -0.3 is 36.3 Å². The summed E-state index contributed by atoms with van der Waals surface area (Å²) < 4.78 is 17.8. The fraction of sp³-hybridized carbons (Fsp3) is 0.545. The Bertz CT molecular complexity index is 1110. The number of nitrogens with two attached hydrogens (primary N) is 2. The number of aliphatic hydroxyl groups excluding tert-OH is 1. The molecule has 0 radical (unpaired) electrons. The number of anilines is 1. The maximum Gasteiger partial charge on any atom is 0.225 e. The largest absolute Gasteiger partial charge is 0.393 e. The third-order valence-electron chi connectivity index (χ3n) is 5.60. The molecule has 0 saturated carbocycles. The minimum Gasteiger partial charge on any atom is -0.393 e. The van der Waals surface area contributed by atoms with E-state index in [9.17, 15) is 14.3 Å². The highest BCUT2D eigenvalue weighted by atomic mass is 19.1. The number of nitrogens with zero attached hydrogens (tertiary/aromatic N) is 4. The maximum absolute atomic E-state index is 13.6. The van der Waals surface area contributed by atoms with Gasteiger partial charge in [-0.1, -0.05) is 47.3 Å². The van der Waals surface area contributed by atoms with Crippen molar-refractivity contribution in [2.75, 3.05) is 46.3 Å². The number of methoxy groups -OCH3 is 1. The molecule has 256 valence electrons. The van der Waals surface area contributed by atoms with Crippen molar-refractivity contribution in [1.82, 2.24) is 15.3 Å². The summed E-state index contributed by atoms with van der Waals surface area (Å²) in [6.07, 6.45) is 5.74. The predicted octanol–water partition coefficient (Wildman–Crippen LogP) is 4.93. The summed E-state index contributed by atoms with van der Waals surface area (Å²) >= 11 is 0. The Morgan fingerprint density at radius 1 is 1.13 bits per heavy atom. The fourth-order valence-corrected chi connectivity index (χ4v) is 3.66. The zero-order valence-corrected chi connectivity index (χ0v) is 27.8. The summed E-state index contributed by atoms with van der Waals surface area (Å²) in [6, 6.07) is 6.26. The van der Waals surface area contributed by atoms with Crippen molar-refractivity contribution in [2.45, 2.75) is 79.2 Å². The van der Waals surface area contributed by atoms with E-state index in [2.05, 4.69) is 28.9 Å². The molecule has 1 unspecified atom stereocenters. The maximum atomic E-state index is 13.6. The summed E-state index contributed by atoms with van der Waals surface area (Å²) in [6.45, 7) is 11.2. The summed E-state index contributed by atoms with van der Waals surface area (Å²) in [5.41, 5.74) is 13.8. The zero-order valence-electron chi connectivity index (χ0n) is 27.8. The number of rotatable bonds is 14. The zero-order chi connectivity index (χ0) is 34.1. The van der Waals surface area contributed by atoms with Gasteiger partial charge in [0.15, 0.2) is 5.96 Å². The molecule has 1 atom stereocenters. The summed E-state index contributed by atoms with van der Waals surface area (Å²) in [7, 11) is 7.02. The fourth-order valence-electron chi connectivity index (χ4n) is 3.66. The molecule has 1 aromatic heterocycles. The number of carbonyl (C=O) groups is 2. The van der Waals surface area contributed by atoms with Crippen LogP contribution in [-0.2, 0) is 14.3 Å². The van der Waals surface area contributed by atoms with Crippen LogP contribution in [-0.4, -0.2) is 81.2 Å². The second-order valence-electron chi connectivity index (χ2n) is 9.84. The number of carbonyl (C=O) groups excluding carboxylic acids is 2. The highest BCUT2D eigenvalue weighted by molar-refractivity contribution is 5.77. The number of hydrogen-bond donors (Lipinski definition) is 4. The third kappa shape index (κ3) is 19.9. The van der Waals surface area contributed by atoms with Crippen molar-refractivity contribution >= 4 is 30.7 Å². The SMILES string of the molecule is C.C=O.CC.CC(C)c1nc(N(C)C)nc(-c2ccc(F)cc2)c1/C=C/CCC(O)CC(=O)NCCCCN=C(N)N.COC. The molecular formula is C33H58FN7O4. The highest BCUT2D eigenvalue weighted by Gasteiger charge is 2.18. The van der Waals surface area contributed by atoms with E-state index in [4.69, 9.17) is 26.2 Å². The Kier molecular flexibility index (Phi) is 28.0. The van der Waals surface area contributed by atoms with Gasteiger partial charge in [0.05, 0.1) is 23.9 Å². The van der Waals surface area contributed by atoms with E-state index in [1.165, 1.54) is 12.1 Å². The van der Waals surface area contributed by atoms with Gasteiger partial charge in [-0.3, -0.25) is 9.79 Å². The van der Waals surface area contributed by atoms with Crippen molar-refractivity contribution in [3.05, 3.63) is 47.4 Å². The monoisotopic (exact) mass is 635 g/mol. The van der Waals surface area contributed by atoms with E-state index in [-0.39, 0.29) is 37.4 Å². The average Bonchev–Trinajstić information content (AvgIpc) is 2.99. The molecule has 0 aliphatic carbocycles. The van der Waals surface area contributed by atoms with Crippen molar-refractivity contribution in [3.8, 4) is 11.3 Å². The minimum atomic E-state index is -0.750. The number of benzene rings is 1. The first-order chi connectivity index (χ1) is 21.0. The molecule has 6 N–H and O–H groups in total. The van der Waals surface area contributed by atoms with Crippen molar-refractivity contribution < 1.29 is 23.8 Å². The van der Waals surface area contributed by atoms with Crippen LogP contribution in [0, 0.1) is 5.82 Å². The Labute approximate surface area is 270 Å². The lowest BCUT2D eigenvalue weighted by Crippen LogP contribution is -2.28. The smallest absolute Gasteiger partial charge is 0.225 e. The van der Waals surface area contributed by atoms with Crippen LogP contribution < -0.4 is 21.7 Å². The lowest BCUT2D eigenvalue weighted by atomic mass is 9.97. The number of guanidine groups is 1. The number of aromatic nitrogens is 2. The van der Waals surface area contributed by atoms with Crippen LogP contribution in [0.2, 0.25) is 0 Å². The van der Waals surface area contributed by atoms with Gasteiger partial charge in [0.1, 0.15) is 12.6 Å². The molecule has 0 aliphatic rings. The van der Waals surface area contributed by atoms with Crippen LogP contribution >= 0.6 is 0 Å². The first-order valence-electron chi connectivity index (χ1n) is 14.7. The Balaban J connectivity index is -0.00000203. The average molecular weight is 636 g/mol. The highest BCUT2D eigenvalue weighted by Crippen LogP contribution is 2.31. The number of allylic oxidation sites excluding steroid dienone is 1. The second-order valence-corrected chi connectivity index (χ2v) is 9.84. The molecule has 1 amide bonds. The van der Waals surface area contributed by atoms with Gasteiger partial charge in [0.2, 0.25) is 11.9 Å². The van der Waals surface area contributed by atoms with Gasteiger partial charge in [0, 0.05) is 52.5 Å². The molecule has 45 heavy (non-hydrogen) atoms. The van der Waals surface area contributed by atoms with Crippen molar-refractivity contribution in [2.24, 2.45) is 16.5 Å². The predicted molar refractivity (Wildman–Crippen MR) is 186 cm³/mol. The number of ether oxygens (including phenoxy) is 1. The summed E-state index contributed by atoms with van der Waals surface area (Å²) in [4.78, 5) is 35.3. The molecule has 0 saturated heterocycles. The molecule has 0 fully saturated rings. The number of unbranched alkanes of at least 4 members (excludes halogenated alkanes) is 1. The van der Waals surface area contributed by atoms with Crippen LogP contribution in [0.15, 0.2) is 35.3 Å². The van der Waals surface area contributed by atoms with Crippen molar-refractivity contribution in [1.29, 1.82) is 0 Å². The van der Waals surface area contributed by atoms with Gasteiger partial charge in [-0.15, -0.1) is 0 Å². The number of aliphatic hydroxyl groups is 1. The van der Waals surface area contributed by atoms with E-state index < -0.39 is 6.10 Å². The van der Waals surface area contributed by atoms with E-state index in [1.807, 2.05) is 51.8 Å². The molecule has 11 nitrogen and oxygen atoms in total. The van der Waals surface area contributed by atoms with E-state index in [0.717, 1.165) is 35.4 Å². The molecule has 0 spiro atoms. The third-order valence-corrected chi connectivity index (χ3v) is 5.60. The molecular weight excluding hydrogens is 577 g/mol. The van der Waals surface area contributed by atoms with Gasteiger partial charge in [-0.25, -0.2) is 14.4 Å². The quantitative estimate of drug-likeness (QED) is 0.128. The molecule has 12 heteroatoms. The van der Waals surface area contributed by atoms with E-state index in [0.29, 0.717) is 31.9 Å². The first kappa shape index (κ1) is 45.5. The standard InChI is InChI=1S/C27H40FN7O2.C2H6O.C2H6.CH2O.CH4/c1-18(2)24-22(25(34-27(33-24)35(3)4)19-11-13-20(28)14-12-19)10-6-5-9-21(36)17-23(37)31-15-7-8-16-32-26(29)30;1-3-2;2*1-2;/h6,10-14,18,21,36H,5,7-9,15-17H2,1-4H3,(H,31,37)(H4,29,30,32);1-2H3;1-2H3;1H2;1H4/b10-6+;;;;. The van der Waals surface area contributed by atoms with Crippen molar-refractivity contribution in [3.63, 3.8) is 0 Å². The van der Waals surface area contributed by atoms with Gasteiger partial charge in [-0.05, 0) is 55.9 Å². The molecule has 0 aliphatic heterocycles. The Hall–Kier alpha value is -3.90. The molecule has 2 rings (SSSR count). The molecule has 1 aromatic carbocycles. The number of aliphatic imine (C=N–C) groups is 1. The van der Waals surface area contributed by atoms with Gasteiger partial charge in [0.25, 0.3) is 0 Å². The lowest BCUT2D eigenvalue weighted by molar-refractivity contribution is -0.123. The van der Waals surface area contributed by atoms with Crippen LogP contribution in [0.3, 0.4) is 0 Å². The topological polar surface area (TPSA) is 169 Å². The molecule has 1 heterocycles. The van der Waals surface area contributed by atoms with Crippen LogP contribution in [0.1, 0.15) is 84.4 Å². The van der Waals surface area contributed by atoms with E-state index in [1.54, 1.807) is 26.4 Å². The van der Waals surface area contributed by atoms with E-state index >= 15 is 0 Å².